The first-order valence-electron chi connectivity index (χ1n) is 10.1. The van der Waals surface area contributed by atoms with Gasteiger partial charge in [0.05, 0.1) is 5.92 Å². The van der Waals surface area contributed by atoms with Crippen LogP contribution in [-0.2, 0) is 4.79 Å². The Balaban J connectivity index is 1.64. The average molecular weight is 380 g/mol. The van der Waals surface area contributed by atoms with Gasteiger partial charge in [-0.1, -0.05) is 25.1 Å². The minimum Gasteiger partial charge on any atom is -0.485 e. The Morgan fingerprint density at radius 3 is 2.43 bits per heavy atom. The molecular formula is C24H28O4. The second-order valence-corrected chi connectivity index (χ2v) is 8.41. The Morgan fingerprint density at radius 2 is 1.75 bits per heavy atom. The summed E-state index contributed by atoms with van der Waals surface area (Å²) in [6.07, 6.45) is 2.04. The molecule has 1 saturated carbocycles. The van der Waals surface area contributed by atoms with Gasteiger partial charge >= 0.3 is 5.97 Å². The third-order valence-corrected chi connectivity index (χ3v) is 6.30. The Hall–Kier alpha value is -2.49. The molecular weight excluding hydrogens is 352 g/mol. The van der Waals surface area contributed by atoms with Crippen molar-refractivity contribution >= 4 is 5.97 Å². The van der Waals surface area contributed by atoms with Crippen LogP contribution in [0.2, 0.25) is 0 Å². The van der Waals surface area contributed by atoms with Crippen LogP contribution in [0, 0.1) is 32.6 Å². The van der Waals surface area contributed by atoms with Gasteiger partial charge in [-0.3, -0.25) is 4.79 Å². The molecule has 4 nitrogen and oxygen atoms in total. The number of aryl methyl sites for hydroxylation is 3. The van der Waals surface area contributed by atoms with Crippen LogP contribution in [0.25, 0.3) is 0 Å². The van der Waals surface area contributed by atoms with Crippen LogP contribution in [0.1, 0.15) is 59.6 Å². The van der Waals surface area contributed by atoms with Crippen LogP contribution in [0.3, 0.4) is 0 Å². The molecule has 1 aliphatic carbocycles. The maximum Gasteiger partial charge on any atom is 0.306 e. The summed E-state index contributed by atoms with van der Waals surface area (Å²) >= 11 is 0. The molecule has 2 aromatic carbocycles. The molecule has 28 heavy (non-hydrogen) atoms. The molecule has 1 unspecified atom stereocenters. The van der Waals surface area contributed by atoms with E-state index >= 15 is 0 Å². The fourth-order valence-electron chi connectivity index (χ4n) is 4.36. The summed E-state index contributed by atoms with van der Waals surface area (Å²) < 4.78 is 12.3. The van der Waals surface area contributed by atoms with E-state index in [1.807, 2.05) is 25.1 Å². The van der Waals surface area contributed by atoms with Crippen molar-refractivity contribution in [3.05, 3.63) is 58.1 Å². The monoisotopic (exact) mass is 380 g/mol. The van der Waals surface area contributed by atoms with E-state index < -0.39 is 11.9 Å². The highest BCUT2D eigenvalue weighted by atomic mass is 16.6. The van der Waals surface area contributed by atoms with Crippen molar-refractivity contribution in [1.29, 1.82) is 0 Å². The van der Waals surface area contributed by atoms with Gasteiger partial charge in [0, 0.05) is 0 Å². The molecule has 0 radical (unpaired) electrons. The number of hydrogen-bond donors (Lipinski definition) is 1. The Bertz CT molecular complexity index is 913. The third-order valence-electron chi connectivity index (χ3n) is 6.30. The number of ether oxygens (including phenoxy) is 2. The lowest BCUT2D eigenvalue weighted by Gasteiger charge is -2.30. The summed E-state index contributed by atoms with van der Waals surface area (Å²) in [5.41, 5.74) is 5.91. The average Bonchev–Trinajstić information content (AvgIpc) is 3.49. The van der Waals surface area contributed by atoms with E-state index in [2.05, 4.69) is 32.9 Å². The molecule has 4 rings (SSSR count). The van der Waals surface area contributed by atoms with Crippen molar-refractivity contribution in [2.45, 2.75) is 52.6 Å². The van der Waals surface area contributed by atoms with Gasteiger partial charge in [0.15, 0.2) is 17.6 Å². The molecule has 1 fully saturated rings. The van der Waals surface area contributed by atoms with Crippen LogP contribution in [0.15, 0.2) is 30.3 Å². The van der Waals surface area contributed by atoms with Crippen molar-refractivity contribution in [1.82, 2.24) is 0 Å². The number of rotatable bonds is 5. The van der Waals surface area contributed by atoms with Gasteiger partial charge < -0.3 is 14.6 Å². The van der Waals surface area contributed by atoms with Gasteiger partial charge in [0.1, 0.15) is 6.61 Å². The fourth-order valence-corrected chi connectivity index (χ4v) is 4.36. The van der Waals surface area contributed by atoms with Crippen LogP contribution in [0.4, 0.5) is 0 Å². The highest BCUT2D eigenvalue weighted by molar-refractivity contribution is 5.71. The molecule has 3 atom stereocenters. The molecule has 0 bridgehead atoms. The summed E-state index contributed by atoms with van der Waals surface area (Å²) in [6, 6.07) is 10.3. The van der Waals surface area contributed by atoms with Crippen LogP contribution in [-0.4, -0.2) is 17.7 Å². The predicted octanol–water partition coefficient (Wildman–Crippen LogP) is 5.34. The van der Waals surface area contributed by atoms with E-state index in [0.717, 1.165) is 35.5 Å². The SMILES string of the molecule is Cc1cc(C)c(C2COc3ccc([C@H](C4CC4)[C@H](C)C(=O)O)cc3O2)cc1C. The van der Waals surface area contributed by atoms with Crippen molar-refractivity contribution in [3.63, 3.8) is 0 Å². The smallest absolute Gasteiger partial charge is 0.306 e. The van der Waals surface area contributed by atoms with Crippen LogP contribution >= 0.6 is 0 Å². The van der Waals surface area contributed by atoms with Crippen LogP contribution < -0.4 is 9.47 Å². The molecule has 0 spiro atoms. The molecule has 0 aromatic heterocycles. The molecule has 2 aromatic rings. The molecule has 1 aliphatic heterocycles. The minimum absolute atomic E-state index is 0.0233. The van der Waals surface area contributed by atoms with Gasteiger partial charge in [0.2, 0.25) is 0 Å². The maximum absolute atomic E-state index is 11.6. The lowest BCUT2D eigenvalue weighted by atomic mass is 9.83. The van der Waals surface area contributed by atoms with Crippen molar-refractivity contribution < 1.29 is 19.4 Å². The number of aliphatic carboxylic acids is 1. The summed E-state index contributed by atoms with van der Waals surface area (Å²) in [6.45, 7) is 8.63. The quantitative estimate of drug-likeness (QED) is 0.761. The predicted molar refractivity (Wildman–Crippen MR) is 108 cm³/mol. The number of carbonyl (C=O) groups is 1. The third kappa shape index (κ3) is 3.48. The normalized spacial score (nSPS) is 20.5. The highest BCUT2D eigenvalue weighted by Crippen LogP contribution is 2.49. The standard InChI is InChI=1S/C24H28O4/c1-13-9-15(3)19(10-14(13)2)22-12-27-20-8-7-18(11-21(20)28-22)23(17-5-6-17)16(4)24(25)26/h7-11,16-17,22-23H,5-6,12H2,1-4H3,(H,25,26)/t16-,22?,23-/m0/s1. The van der Waals surface area contributed by atoms with Crippen molar-refractivity contribution in [2.75, 3.05) is 6.61 Å². The van der Waals surface area contributed by atoms with Crippen molar-refractivity contribution in [2.24, 2.45) is 11.8 Å². The Morgan fingerprint density at radius 1 is 1.04 bits per heavy atom. The molecule has 1 heterocycles. The van der Waals surface area contributed by atoms with E-state index in [4.69, 9.17) is 9.47 Å². The number of hydrogen-bond acceptors (Lipinski definition) is 3. The van der Waals surface area contributed by atoms with Gasteiger partial charge in [-0.25, -0.2) is 0 Å². The topological polar surface area (TPSA) is 55.8 Å². The molecule has 1 N–H and O–H groups in total. The second kappa shape index (κ2) is 7.16. The number of benzene rings is 2. The second-order valence-electron chi connectivity index (χ2n) is 8.41. The zero-order valence-electron chi connectivity index (χ0n) is 17.0. The zero-order chi connectivity index (χ0) is 20.0. The largest absolute Gasteiger partial charge is 0.485 e. The van der Waals surface area contributed by atoms with E-state index in [9.17, 15) is 9.90 Å². The fraction of sp³-hybridized carbons (Fsp3) is 0.458. The molecule has 0 amide bonds. The molecule has 2 aliphatic rings. The molecule has 0 saturated heterocycles. The zero-order valence-corrected chi connectivity index (χ0v) is 17.0. The van der Waals surface area contributed by atoms with E-state index in [0.29, 0.717) is 12.5 Å². The van der Waals surface area contributed by atoms with Gasteiger partial charge in [-0.2, -0.15) is 0 Å². The summed E-state index contributed by atoms with van der Waals surface area (Å²) in [4.78, 5) is 11.6. The first kappa shape index (κ1) is 18.9. The summed E-state index contributed by atoms with van der Waals surface area (Å²) in [7, 11) is 0. The van der Waals surface area contributed by atoms with E-state index in [1.165, 1.54) is 16.7 Å². The number of fused-ring (bicyclic) bond motifs is 1. The van der Waals surface area contributed by atoms with Crippen molar-refractivity contribution in [3.8, 4) is 11.5 Å². The van der Waals surface area contributed by atoms with Gasteiger partial charge in [-0.15, -0.1) is 0 Å². The minimum atomic E-state index is -0.740. The molecule has 4 heteroatoms. The van der Waals surface area contributed by atoms with Crippen LogP contribution in [0.5, 0.6) is 11.5 Å². The van der Waals surface area contributed by atoms with E-state index in [-0.39, 0.29) is 12.0 Å². The Labute approximate surface area is 166 Å². The lowest BCUT2D eigenvalue weighted by molar-refractivity contribution is -0.142. The maximum atomic E-state index is 11.6. The Kier molecular flexibility index (Phi) is 4.82. The summed E-state index contributed by atoms with van der Waals surface area (Å²) in [5, 5.41) is 9.54. The van der Waals surface area contributed by atoms with Gasteiger partial charge in [0.25, 0.3) is 0 Å². The first-order chi connectivity index (χ1) is 13.3. The molecule has 148 valence electrons. The number of carboxylic acids is 1. The van der Waals surface area contributed by atoms with Gasteiger partial charge in [-0.05, 0) is 85.4 Å². The first-order valence-corrected chi connectivity index (χ1v) is 10.1. The summed E-state index contributed by atoms with van der Waals surface area (Å²) in [5.74, 6) is 0.776. The lowest BCUT2D eigenvalue weighted by Crippen LogP contribution is -2.24. The number of carboxylic acid groups (broad SMARTS) is 1. The van der Waals surface area contributed by atoms with E-state index in [1.54, 1.807) is 0 Å². The highest BCUT2D eigenvalue weighted by Gasteiger charge is 2.39.